The summed E-state index contributed by atoms with van der Waals surface area (Å²) < 4.78 is 38.0. The number of aromatic nitrogens is 2. The maximum absolute atomic E-state index is 12.7. The number of rotatable bonds is 4. The number of hydrogen-bond donors (Lipinski definition) is 2. The summed E-state index contributed by atoms with van der Waals surface area (Å²) >= 11 is 0. The Balaban J connectivity index is 1.69. The highest BCUT2D eigenvalue weighted by Gasteiger charge is 2.30. The van der Waals surface area contributed by atoms with Gasteiger partial charge in [-0.25, -0.2) is 9.97 Å². The zero-order valence-electron chi connectivity index (χ0n) is 11.9. The van der Waals surface area contributed by atoms with E-state index in [-0.39, 0.29) is 23.6 Å². The van der Waals surface area contributed by atoms with Crippen molar-refractivity contribution in [3.05, 3.63) is 47.8 Å². The Kier molecular flexibility index (Phi) is 3.89. The van der Waals surface area contributed by atoms with Gasteiger partial charge in [0.1, 0.15) is 0 Å². The lowest BCUT2D eigenvalue weighted by molar-refractivity contribution is -0.137. The normalized spacial score (nSPS) is 14.4. The largest absolute Gasteiger partial charge is 0.416 e. The predicted octanol–water partition coefficient (Wildman–Crippen LogP) is 3.13. The molecule has 1 fully saturated rings. The standard InChI is InChI=1S/C15H13F3N4O/c16-15(17,18)10-2-1-3-12(6-10)22-14-19-7-9(8-20-14)13(23)21-11-4-5-11/h1-3,6-8,11H,4-5H2,(H,21,23)(H,19,20,22). The highest BCUT2D eigenvalue weighted by Crippen LogP contribution is 2.31. The zero-order valence-corrected chi connectivity index (χ0v) is 11.9. The molecular weight excluding hydrogens is 309 g/mol. The van der Waals surface area contributed by atoms with E-state index in [1.165, 1.54) is 24.5 Å². The van der Waals surface area contributed by atoms with Gasteiger partial charge in [-0.2, -0.15) is 13.2 Å². The van der Waals surface area contributed by atoms with Crippen LogP contribution in [-0.4, -0.2) is 21.9 Å². The zero-order chi connectivity index (χ0) is 16.4. The average molecular weight is 322 g/mol. The molecule has 1 aliphatic rings. The third-order valence-corrected chi connectivity index (χ3v) is 3.27. The van der Waals surface area contributed by atoms with E-state index >= 15 is 0 Å². The fraction of sp³-hybridized carbons (Fsp3) is 0.267. The average Bonchev–Trinajstić information content (AvgIpc) is 3.31. The third-order valence-electron chi connectivity index (χ3n) is 3.27. The van der Waals surface area contributed by atoms with Gasteiger partial charge in [0.15, 0.2) is 0 Å². The fourth-order valence-corrected chi connectivity index (χ4v) is 1.91. The fourth-order valence-electron chi connectivity index (χ4n) is 1.91. The number of nitrogens with one attached hydrogen (secondary N) is 2. The Morgan fingerprint density at radius 1 is 1.17 bits per heavy atom. The van der Waals surface area contributed by atoms with Gasteiger partial charge in [0.2, 0.25) is 5.95 Å². The molecule has 1 aromatic heterocycles. The third kappa shape index (κ3) is 3.97. The lowest BCUT2D eigenvalue weighted by atomic mass is 10.2. The summed E-state index contributed by atoms with van der Waals surface area (Å²) in [5, 5.41) is 5.48. The number of nitrogens with zero attached hydrogens (tertiary/aromatic N) is 2. The van der Waals surface area contributed by atoms with Crippen molar-refractivity contribution < 1.29 is 18.0 Å². The molecule has 1 saturated carbocycles. The van der Waals surface area contributed by atoms with Gasteiger partial charge >= 0.3 is 6.18 Å². The van der Waals surface area contributed by atoms with Crippen LogP contribution in [0.4, 0.5) is 24.8 Å². The minimum atomic E-state index is -4.41. The van der Waals surface area contributed by atoms with Gasteiger partial charge in [0, 0.05) is 24.1 Å². The van der Waals surface area contributed by atoms with E-state index < -0.39 is 11.7 Å². The molecule has 2 aromatic rings. The minimum Gasteiger partial charge on any atom is -0.349 e. The van der Waals surface area contributed by atoms with Crippen LogP contribution in [0.15, 0.2) is 36.7 Å². The Bertz CT molecular complexity index is 711. The van der Waals surface area contributed by atoms with Gasteiger partial charge in [-0.15, -0.1) is 0 Å². The van der Waals surface area contributed by atoms with Crippen molar-refractivity contribution in [1.82, 2.24) is 15.3 Å². The molecule has 0 unspecified atom stereocenters. The van der Waals surface area contributed by atoms with Crippen LogP contribution in [0, 0.1) is 0 Å². The smallest absolute Gasteiger partial charge is 0.349 e. The molecule has 3 rings (SSSR count). The maximum atomic E-state index is 12.7. The number of anilines is 2. The van der Waals surface area contributed by atoms with Crippen LogP contribution in [0.5, 0.6) is 0 Å². The van der Waals surface area contributed by atoms with Crippen LogP contribution in [0.2, 0.25) is 0 Å². The minimum absolute atomic E-state index is 0.118. The lowest BCUT2D eigenvalue weighted by Gasteiger charge is -2.10. The van der Waals surface area contributed by atoms with Gasteiger partial charge in [-0.1, -0.05) is 6.07 Å². The molecule has 2 N–H and O–H groups in total. The van der Waals surface area contributed by atoms with E-state index in [0.717, 1.165) is 25.0 Å². The quantitative estimate of drug-likeness (QED) is 0.907. The summed E-state index contributed by atoms with van der Waals surface area (Å²) in [6, 6.07) is 4.95. The van der Waals surface area contributed by atoms with Crippen molar-refractivity contribution in [2.45, 2.75) is 25.1 Å². The number of amides is 1. The van der Waals surface area contributed by atoms with Gasteiger partial charge in [-0.05, 0) is 31.0 Å². The number of halogens is 3. The number of carbonyl (C=O) groups is 1. The first kappa shape index (κ1) is 15.3. The van der Waals surface area contributed by atoms with E-state index in [4.69, 9.17) is 0 Å². The van der Waals surface area contributed by atoms with Crippen molar-refractivity contribution in [2.24, 2.45) is 0 Å². The summed E-state index contributed by atoms with van der Waals surface area (Å²) in [6.07, 6.45) is 0.203. The van der Waals surface area contributed by atoms with Crippen LogP contribution in [0.25, 0.3) is 0 Å². The molecule has 23 heavy (non-hydrogen) atoms. The first-order valence-electron chi connectivity index (χ1n) is 6.99. The SMILES string of the molecule is O=C(NC1CC1)c1cnc(Nc2cccc(C(F)(F)F)c2)nc1. The Labute approximate surface area is 130 Å². The molecule has 8 heteroatoms. The van der Waals surface area contributed by atoms with E-state index in [2.05, 4.69) is 20.6 Å². The molecule has 1 aromatic carbocycles. The van der Waals surface area contributed by atoms with Crippen LogP contribution in [-0.2, 0) is 6.18 Å². The van der Waals surface area contributed by atoms with Gasteiger partial charge in [0.25, 0.3) is 5.91 Å². The second-order valence-electron chi connectivity index (χ2n) is 5.25. The molecule has 0 spiro atoms. The monoisotopic (exact) mass is 322 g/mol. The maximum Gasteiger partial charge on any atom is 0.416 e. The van der Waals surface area contributed by atoms with Gasteiger partial charge < -0.3 is 10.6 Å². The Morgan fingerprint density at radius 3 is 2.48 bits per heavy atom. The van der Waals surface area contributed by atoms with Crippen molar-refractivity contribution in [3.8, 4) is 0 Å². The molecule has 1 aliphatic carbocycles. The Hall–Kier alpha value is -2.64. The van der Waals surface area contributed by atoms with Crippen molar-refractivity contribution in [1.29, 1.82) is 0 Å². The molecule has 0 aliphatic heterocycles. The van der Waals surface area contributed by atoms with Gasteiger partial charge in [-0.3, -0.25) is 4.79 Å². The van der Waals surface area contributed by atoms with Crippen LogP contribution in [0.1, 0.15) is 28.8 Å². The van der Waals surface area contributed by atoms with E-state index in [1.54, 1.807) is 0 Å². The summed E-state index contributed by atoms with van der Waals surface area (Å²) in [4.78, 5) is 19.7. The first-order chi connectivity index (χ1) is 10.9. The highest BCUT2D eigenvalue weighted by atomic mass is 19.4. The second kappa shape index (κ2) is 5.86. The number of carbonyl (C=O) groups excluding carboxylic acids is 1. The second-order valence-corrected chi connectivity index (χ2v) is 5.25. The number of hydrogen-bond acceptors (Lipinski definition) is 4. The summed E-state index contributed by atoms with van der Waals surface area (Å²) in [6.45, 7) is 0. The Morgan fingerprint density at radius 2 is 1.87 bits per heavy atom. The molecular formula is C15H13F3N4O. The van der Waals surface area contributed by atoms with Crippen molar-refractivity contribution in [2.75, 3.05) is 5.32 Å². The van der Waals surface area contributed by atoms with E-state index in [0.29, 0.717) is 5.56 Å². The molecule has 0 atom stereocenters. The van der Waals surface area contributed by atoms with Crippen LogP contribution in [0.3, 0.4) is 0 Å². The highest BCUT2D eigenvalue weighted by molar-refractivity contribution is 5.94. The van der Waals surface area contributed by atoms with Gasteiger partial charge in [0.05, 0.1) is 11.1 Å². The number of alkyl halides is 3. The summed E-state index contributed by atoms with van der Waals surface area (Å²) in [5.41, 5.74) is -0.232. The number of benzene rings is 1. The predicted molar refractivity (Wildman–Crippen MR) is 77.2 cm³/mol. The molecule has 5 nitrogen and oxygen atoms in total. The van der Waals surface area contributed by atoms with Crippen LogP contribution < -0.4 is 10.6 Å². The molecule has 1 heterocycles. The van der Waals surface area contributed by atoms with Crippen molar-refractivity contribution in [3.63, 3.8) is 0 Å². The summed E-state index contributed by atoms with van der Waals surface area (Å²) in [5.74, 6) is -0.134. The lowest BCUT2D eigenvalue weighted by Crippen LogP contribution is -2.25. The molecule has 0 bridgehead atoms. The molecule has 1 amide bonds. The van der Waals surface area contributed by atoms with E-state index in [1.807, 2.05) is 0 Å². The molecule has 120 valence electrons. The summed E-state index contributed by atoms with van der Waals surface area (Å²) in [7, 11) is 0. The topological polar surface area (TPSA) is 66.9 Å². The van der Waals surface area contributed by atoms with E-state index in [9.17, 15) is 18.0 Å². The molecule has 0 saturated heterocycles. The van der Waals surface area contributed by atoms with Crippen molar-refractivity contribution >= 4 is 17.5 Å². The molecule has 0 radical (unpaired) electrons. The first-order valence-corrected chi connectivity index (χ1v) is 6.99. The van der Waals surface area contributed by atoms with Crippen LogP contribution >= 0.6 is 0 Å².